The first-order chi connectivity index (χ1) is 15.6. The molecule has 0 radical (unpaired) electrons. The van der Waals surface area contributed by atoms with E-state index >= 15 is 0 Å². The molecule has 1 aliphatic carbocycles. The van der Waals surface area contributed by atoms with Gasteiger partial charge in [0, 0.05) is 43.4 Å². The highest BCUT2D eigenvalue weighted by molar-refractivity contribution is 7.09. The highest BCUT2D eigenvalue weighted by Gasteiger charge is 2.43. The summed E-state index contributed by atoms with van der Waals surface area (Å²) in [5, 5.41) is 6.15. The van der Waals surface area contributed by atoms with Gasteiger partial charge in [-0.1, -0.05) is 30.9 Å². The number of amides is 2. The van der Waals surface area contributed by atoms with Gasteiger partial charge in [0.2, 0.25) is 11.8 Å². The number of carbonyl (C=O) groups is 2. The predicted octanol–water partition coefficient (Wildman–Crippen LogP) is 4.40. The molecule has 1 N–H and O–H groups in total. The molecule has 5 rings (SSSR count). The van der Waals surface area contributed by atoms with E-state index < -0.39 is 0 Å². The third-order valence-electron chi connectivity index (χ3n) is 6.94. The third kappa shape index (κ3) is 4.39. The Morgan fingerprint density at radius 2 is 2.12 bits per heavy atom. The standard InChI is InChI=1S/C25H28N4O2S/c30-22(29-11-6-18(7-12-29)15-21-26-10-13-32-21)5-4-19-14-20-16-25(8-2-1-3-9-25)24(31)28-23(20)27-17-19/h4-6,10,13-14,17H,1-3,7-9,11-12,15-16H2,(H,27,28,31). The number of hydrogen-bond donors (Lipinski definition) is 1. The van der Waals surface area contributed by atoms with Gasteiger partial charge in [-0.3, -0.25) is 9.59 Å². The van der Waals surface area contributed by atoms with Gasteiger partial charge < -0.3 is 10.2 Å². The van der Waals surface area contributed by atoms with Crippen LogP contribution in [0.1, 0.15) is 54.7 Å². The predicted molar refractivity (Wildman–Crippen MR) is 126 cm³/mol. The molecule has 0 saturated heterocycles. The molecule has 2 aliphatic heterocycles. The zero-order valence-electron chi connectivity index (χ0n) is 18.2. The Kier molecular flexibility index (Phi) is 5.91. The highest BCUT2D eigenvalue weighted by atomic mass is 32.1. The van der Waals surface area contributed by atoms with Gasteiger partial charge in [0.15, 0.2) is 0 Å². The Morgan fingerprint density at radius 1 is 1.25 bits per heavy atom. The summed E-state index contributed by atoms with van der Waals surface area (Å²) >= 11 is 1.67. The second-order valence-corrected chi connectivity index (χ2v) is 10.1. The second kappa shape index (κ2) is 8.98. The molecule has 0 aromatic carbocycles. The summed E-state index contributed by atoms with van der Waals surface area (Å²) in [4.78, 5) is 36.1. The number of pyridine rings is 1. The monoisotopic (exact) mass is 448 g/mol. The fourth-order valence-corrected chi connectivity index (χ4v) is 5.73. The van der Waals surface area contributed by atoms with Crippen LogP contribution in [0.5, 0.6) is 0 Å². The Balaban J connectivity index is 1.23. The lowest BCUT2D eigenvalue weighted by molar-refractivity contribution is -0.128. The largest absolute Gasteiger partial charge is 0.335 e. The minimum absolute atomic E-state index is 0.0179. The van der Waals surface area contributed by atoms with Crippen LogP contribution < -0.4 is 5.32 Å². The lowest BCUT2D eigenvalue weighted by atomic mass is 9.68. The van der Waals surface area contributed by atoms with Crippen LogP contribution >= 0.6 is 11.3 Å². The van der Waals surface area contributed by atoms with Crippen molar-refractivity contribution in [3.05, 3.63) is 57.7 Å². The SMILES string of the molecule is O=C(C=Cc1cnc2c(c1)CC1(CCCCC1)C(=O)N2)N1CC=C(Cc2nccs2)CC1. The zero-order chi connectivity index (χ0) is 22.0. The topological polar surface area (TPSA) is 75.2 Å². The zero-order valence-corrected chi connectivity index (χ0v) is 19.0. The Labute approximate surface area is 192 Å². The van der Waals surface area contributed by atoms with Crippen molar-refractivity contribution in [1.82, 2.24) is 14.9 Å². The van der Waals surface area contributed by atoms with Crippen LogP contribution in [-0.4, -0.2) is 39.8 Å². The van der Waals surface area contributed by atoms with Crippen molar-refractivity contribution in [3.8, 4) is 0 Å². The number of fused-ring (bicyclic) bond motifs is 1. The lowest BCUT2D eigenvalue weighted by Gasteiger charge is -2.39. The molecule has 0 unspecified atom stereocenters. The van der Waals surface area contributed by atoms with Crippen molar-refractivity contribution in [1.29, 1.82) is 0 Å². The van der Waals surface area contributed by atoms with E-state index in [0.717, 1.165) is 67.6 Å². The van der Waals surface area contributed by atoms with Gasteiger partial charge in [-0.05, 0) is 49.0 Å². The first-order valence-electron chi connectivity index (χ1n) is 11.4. The molecule has 6 nitrogen and oxygen atoms in total. The first kappa shape index (κ1) is 21.1. The van der Waals surface area contributed by atoms with Crippen LogP contribution in [0, 0.1) is 5.41 Å². The van der Waals surface area contributed by atoms with Crippen molar-refractivity contribution in [3.63, 3.8) is 0 Å². The van der Waals surface area contributed by atoms with Crippen molar-refractivity contribution in [2.24, 2.45) is 5.41 Å². The molecular formula is C25H28N4O2S. The van der Waals surface area contributed by atoms with Crippen LogP contribution in [0.3, 0.4) is 0 Å². The number of anilines is 1. The summed E-state index contributed by atoms with van der Waals surface area (Å²) in [5.41, 5.74) is 3.05. The van der Waals surface area contributed by atoms with Crippen molar-refractivity contribution < 1.29 is 9.59 Å². The number of hydrogen-bond acceptors (Lipinski definition) is 5. The average molecular weight is 449 g/mol. The first-order valence-corrected chi connectivity index (χ1v) is 12.3. The summed E-state index contributed by atoms with van der Waals surface area (Å²) in [7, 11) is 0. The number of nitrogens with one attached hydrogen (secondary N) is 1. The molecule has 2 aromatic rings. The van der Waals surface area contributed by atoms with E-state index in [9.17, 15) is 9.59 Å². The number of thiazole rings is 1. The molecule has 166 valence electrons. The summed E-state index contributed by atoms with van der Waals surface area (Å²) in [6, 6.07) is 2.07. The van der Waals surface area contributed by atoms with Gasteiger partial charge in [-0.15, -0.1) is 11.3 Å². The highest BCUT2D eigenvalue weighted by Crippen LogP contribution is 2.44. The van der Waals surface area contributed by atoms with E-state index in [0.29, 0.717) is 12.4 Å². The summed E-state index contributed by atoms with van der Waals surface area (Å²) in [6.45, 7) is 1.37. The van der Waals surface area contributed by atoms with Crippen LogP contribution in [0.25, 0.3) is 6.08 Å². The molecule has 7 heteroatoms. The third-order valence-corrected chi connectivity index (χ3v) is 7.72. The van der Waals surface area contributed by atoms with Gasteiger partial charge in [0.1, 0.15) is 5.82 Å². The smallest absolute Gasteiger partial charge is 0.246 e. The van der Waals surface area contributed by atoms with Crippen LogP contribution in [0.2, 0.25) is 0 Å². The lowest BCUT2D eigenvalue weighted by Crippen LogP contribution is -2.43. The van der Waals surface area contributed by atoms with Gasteiger partial charge in [0.25, 0.3) is 0 Å². The van der Waals surface area contributed by atoms with E-state index in [4.69, 9.17) is 0 Å². The van der Waals surface area contributed by atoms with Crippen LogP contribution in [-0.2, 0) is 22.4 Å². The minimum atomic E-state index is -0.276. The maximum Gasteiger partial charge on any atom is 0.246 e. The molecule has 2 amide bonds. The molecule has 2 aromatic heterocycles. The normalized spacial score (nSPS) is 20.2. The van der Waals surface area contributed by atoms with Gasteiger partial charge >= 0.3 is 0 Å². The van der Waals surface area contributed by atoms with Crippen LogP contribution in [0.4, 0.5) is 5.82 Å². The number of aromatic nitrogens is 2. The van der Waals surface area contributed by atoms with Crippen molar-refractivity contribution >= 4 is 35.0 Å². The molecule has 4 heterocycles. The average Bonchev–Trinajstić information content (AvgIpc) is 3.32. The molecule has 1 spiro atoms. The quantitative estimate of drug-likeness (QED) is 0.556. The van der Waals surface area contributed by atoms with Crippen LogP contribution in [0.15, 0.2) is 41.6 Å². The molecule has 3 aliphatic rings. The van der Waals surface area contributed by atoms with E-state index in [-0.39, 0.29) is 17.2 Å². The molecule has 0 bridgehead atoms. The Bertz CT molecular complexity index is 1070. The Hall–Kier alpha value is -2.80. The number of nitrogens with zero attached hydrogens (tertiary/aromatic N) is 3. The van der Waals surface area contributed by atoms with E-state index in [1.165, 1.54) is 12.0 Å². The van der Waals surface area contributed by atoms with Crippen molar-refractivity contribution in [2.45, 2.75) is 51.4 Å². The fourth-order valence-electron chi connectivity index (χ4n) is 5.06. The Morgan fingerprint density at radius 3 is 2.88 bits per heavy atom. The summed E-state index contributed by atoms with van der Waals surface area (Å²) in [5.74, 6) is 0.816. The minimum Gasteiger partial charge on any atom is -0.335 e. The molecule has 1 saturated carbocycles. The molecule has 32 heavy (non-hydrogen) atoms. The van der Waals surface area contributed by atoms with E-state index in [1.54, 1.807) is 23.6 Å². The maximum atomic E-state index is 12.7. The maximum absolute atomic E-state index is 12.7. The van der Waals surface area contributed by atoms with Gasteiger partial charge in [-0.2, -0.15) is 0 Å². The molecule has 0 atom stereocenters. The van der Waals surface area contributed by atoms with E-state index in [1.807, 2.05) is 22.6 Å². The summed E-state index contributed by atoms with van der Waals surface area (Å²) in [6.07, 6.45) is 17.0. The second-order valence-electron chi connectivity index (χ2n) is 9.08. The number of carbonyl (C=O) groups excluding carboxylic acids is 2. The van der Waals surface area contributed by atoms with Gasteiger partial charge in [0.05, 0.1) is 10.4 Å². The summed E-state index contributed by atoms with van der Waals surface area (Å²) < 4.78 is 0. The van der Waals surface area contributed by atoms with E-state index in [2.05, 4.69) is 27.4 Å². The van der Waals surface area contributed by atoms with Crippen molar-refractivity contribution in [2.75, 3.05) is 18.4 Å². The fraction of sp³-hybridized carbons (Fsp3) is 0.440. The molecular weight excluding hydrogens is 420 g/mol. The molecule has 1 fully saturated rings. The number of rotatable bonds is 4. The van der Waals surface area contributed by atoms with Gasteiger partial charge in [-0.25, -0.2) is 9.97 Å².